The van der Waals surface area contributed by atoms with Crippen LogP contribution in [0.2, 0.25) is 0 Å². The van der Waals surface area contributed by atoms with Gasteiger partial charge in [0.25, 0.3) is 0 Å². The minimum Gasteiger partial charge on any atom is -0.485 e. The first-order chi connectivity index (χ1) is 7.88. The largest absolute Gasteiger partial charge is 0.485 e. The Morgan fingerprint density at radius 1 is 1.24 bits per heavy atom. The molecule has 1 heterocycles. The van der Waals surface area contributed by atoms with Crippen molar-refractivity contribution in [2.45, 2.75) is 13.0 Å². The van der Waals surface area contributed by atoms with E-state index in [0.29, 0.717) is 31.3 Å². The minimum atomic E-state index is 0. The molecule has 0 aliphatic rings. The van der Waals surface area contributed by atoms with Crippen LogP contribution in [0.4, 0.5) is 0 Å². The Bertz CT molecular complexity index is 433. The van der Waals surface area contributed by atoms with Gasteiger partial charge in [-0.05, 0) is 12.1 Å². The van der Waals surface area contributed by atoms with Crippen molar-refractivity contribution in [2.24, 2.45) is 5.73 Å². The summed E-state index contributed by atoms with van der Waals surface area (Å²) in [5, 5.41) is 3.78. The van der Waals surface area contributed by atoms with Crippen LogP contribution in [0.1, 0.15) is 11.7 Å². The van der Waals surface area contributed by atoms with Crippen LogP contribution in [-0.2, 0) is 13.0 Å². The van der Waals surface area contributed by atoms with E-state index < -0.39 is 0 Å². The lowest BCUT2D eigenvalue weighted by atomic mass is 10.3. The third kappa shape index (κ3) is 4.05. The normalized spacial score (nSPS) is 9.71. The summed E-state index contributed by atoms with van der Waals surface area (Å²) >= 11 is 0. The Morgan fingerprint density at radius 3 is 2.71 bits per heavy atom. The number of halogens is 1. The predicted molar refractivity (Wildman–Crippen MR) is 65.1 cm³/mol. The van der Waals surface area contributed by atoms with Crippen molar-refractivity contribution in [2.75, 3.05) is 6.54 Å². The predicted octanol–water partition coefficient (Wildman–Crippen LogP) is 1.57. The molecule has 5 nitrogen and oxygen atoms in total. The lowest BCUT2D eigenvalue weighted by molar-refractivity contribution is 0.285. The molecule has 0 aliphatic carbocycles. The topological polar surface area (TPSA) is 74.2 Å². The quantitative estimate of drug-likeness (QED) is 0.878. The van der Waals surface area contributed by atoms with Crippen LogP contribution >= 0.6 is 12.4 Å². The molecule has 0 bridgehead atoms. The van der Waals surface area contributed by atoms with Crippen molar-refractivity contribution in [1.82, 2.24) is 10.1 Å². The molecule has 2 rings (SSSR count). The molecular weight excluding hydrogens is 242 g/mol. The number of aromatic nitrogens is 2. The number of benzene rings is 1. The maximum Gasteiger partial charge on any atom is 0.228 e. The van der Waals surface area contributed by atoms with Crippen LogP contribution in [0.5, 0.6) is 5.75 Å². The Balaban J connectivity index is 0.00000144. The number of hydrogen-bond acceptors (Lipinski definition) is 5. The fourth-order valence-corrected chi connectivity index (χ4v) is 1.24. The molecule has 2 aromatic rings. The molecule has 0 saturated carbocycles. The van der Waals surface area contributed by atoms with Crippen molar-refractivity contribution in [3.63, 3.8) is 0 Å². The molecule has 0 fully saturated rings. The fourth-order valence-electron chi connectivity index (χ4n) is 1.24. The van der Waals surface area contributed by atoms with Crippen molar-refractivity contribution in [1.29, 1.82) is 0 Å². The monoisotopic (exact) mass is 255 g/mol. The second-order valence-electron chi connectivity index (χ2n) is 3.24. The smallest absolute Gasteiger partial charge is 0.228 e. The van der Waals surface area contributed by atoms with Crippen LogP contribution in [-0.4, -0.2) is 16.7 Å². The van der Waals surface area contributed by atoms with E-state index in [1.165, 1.54) is 0 Å². The van der Waals surface area contributed by atoms with E-state index in [9.17, 15) is 0 Å². The summed E-state index contributed by atoms with van der Waals surface area (Å²) in [6, 6.07) is 9.50. The van der Waals surface area contributed by atoms with Gasteiger partial charge in [-0.2, -0.15) is 4.98 Å². The van der Waals surface area contributed by atoms with Gasteiger partial charge in [-0.15, -0.1) is 12.4 Å². The molecule has 0 atom stereocenters. The van der Waals surface area contributed by atoms with Gasteiger partial charge in [-0.25, -0.2) is 0 Å². The molecule has 92 valence electrons. The van der Waals surface area contributed by atoms with E-state index in [4.69, 9.17) is 15.0 Å². The van der Waals surface area contributed by atoms with Crippen LogP contribution in [0.25, 0.3) is 0 Å². The minimum absolute atomic E-state index is 0. The number of nitrogens with zero attached hydrogens (tertiary/aromatic N) is 2. The lowest BCUT2D eigenvalue weighted by Gasteiger charge is -2.01. The van der Waals surface area contributed by atoms with Gasteiger partial charge < -0.3 is 15.0 Å². The van der Waals surface area contributed by atoms with Crippen molar-refractivity contribution in [3.05, 3.63) is 42.0 Å². The zero-order chi connectivity index (χ0) is 11.2. The number of nitrogens with two attached hydrogens (primary N) is 1. The van der Waals surface area contributed by atoms with Crippen LogP contribution in [0.3, 0.4) is 0 Å². The highest BCUT2D eigenvalue weighted by atomic mass is 35.5. The van der Waals surface area contributed by atoms with E-state index in [1.54, 1.807) is 0 Å². The Labute approximate surface area is 105 Å². The molecule has 0 spiro atoms. The first kappa shape index (κ1) is 13.5. The average molecular weight is 256 g/mol. The van der Waals surface area contributed by atoms with Gasteiger partial charge in [0.15, 0.2) is 6.61 Å². The van der Waals surface area contributed by atoms with E-state index in [0.717, 1.165) is 5.75 Å². The molecule has 0 unspecified atom stereocenters. The second-order valence-corrected chi connectivity index (χ2v) is 3.24. The van der Waals surface area contributed by atoms with Crippen molar-refractivity contribution < 1.29 is 9.26 Å². The Kier molecular flexibility index (Phi) is 5.45. The van der Waals surface area contributed by atoms with Crippen LogP contribution < -0.4 is 10.5 Å². The molecule has 0 aliphatic heterocycles. The summed E-state index contributed by atoms with van der Waals surface area (Å²) in [6.45, 7) is 0.805. The van der Waals surface area contributed by atoms with Gasteiger partial charge in [0.1, 0.15) is 5.75 Å². The molecular formula is C11H14ClN3O2. The summed E-state index contributed by atoms with van der Waals surface area (Å²) in [7, 11) is 0. The molecule has 0 amide bonds. The van der Waals surface area contributed by atoms with E-state index in [1.807, 2.05) is 30.3 Å². The third-order valence-corrected chi connectivity index (χ3v) is 1.98. The molecule has 2 N–H and O–H groups in total. The molecule has 17 heavy (non-hydrogen) atoms. The number of hydrogen-bond donors (Lipinski definition) is 1. The van der Waals surface area contributed by atoms with Gasteiger partial charge in [0.05, 0.1) is 0 Å². The van der Waals surface area contributed by atoms with Gasteiger partial charge >= 0.3 is 0 Å². The third-order valence-electron chi connectivity index (χ3n) is 1.98. The first-order valence-corrected chi connectivity index (χ1v) is 5.08. The van der Waals surface area contributed by atoms with Gasteiger partial charge in [-0.3, -0.25) is 0 Å². The van der Waals surface area contributed by atoms with Gasteiger partial charge in [-0.1, -0.05) is 23.4 Å². The number of para-hydroxylation sites is 1. The van der Waals surface area contributed by atoms with Crippen molar-refractivity contribution >= 4 is 12.4 Å². The highest BCUT2D eigenvalue weighted by Gasteiger charge is 2.05. The summed E-state index contributed by atoms with van der Waals surface area (Å²) in [4.78, 5) is 4.13. The molecule has 1 aromatic heterocycles. The van der Waals surface area contributed by atoms with E-state index >= 15 is 0 Å². The zero-order valence-corrected chi connectivity index (χ0v) is 10.0. The first-order valence-electron chi connectivity index (χ1n) is 5.08. The lowest BCUT2D eigenvalue weighted by Crippen LogP contribution is -2.03. The maximum atomic E-state index is 5.47. The number of ether oxygens (including phenoxy) is 1. The van der Waals surface area contributed by atoms with Crippen molar-refractivity contribution in [3.8, 4) is 5.75 Å². The maximum absolute atomic E-state index is 5.47. The zero-order valence-electron chi connectivity index (χ0n) is 9.20. The highest BCUT2D eigenvalue weighted by Crippen LogP contribution is 2.10. The van der Waals surface area contributed by atoms with Crippen LogP contribution in [0, 0.1) is 0 Å². The van der Waals surface area contributed by atoms with E-state index in [2.05, 4.69) is 10.1 Å². The standard InChI is InChI=1S/C11H13N3O2.ClH/c12-7-6-11-13-10(14-16-11)8-15-9-4-2-1-3-5-9;/h1-5H,6-8,12H2;1H. The molecule has 0 saturated heterocycles. The van der Waals surface area contributed by atoms with E-state index in [-0.39, 0.29) is 12.4 Å². The summed E-state index contributed by atoms with van der Waals surface area (Å²) in [6.07, 6.45) is 0.596. The molecule has 6 heteroatoms. The number of rotatable bonds is 5. The summed E-state index contributed by atoms with van der Waals surface area (Å²) < 4.78 is 10.4. The molecule has 0 radical (unpaired) electrons. The fraction of sp³-hybridized carbons (Fsp3) is 0.273. The molecule has 1 aromatic carbocycles. The SMILES string of the molecule is Cl.NCCc1nc(COc2ccccc2)no1. The Morgan fingerprint density at radius 2 is 2.00 bits per heavy atom. The summed E-state index contributed by atoms with van der Waals surface area (Å²) in [5.74, 6) is 1.87. The van der Waals surface area contributed by atoms with Gasteiger partial charge in [0, 0.05) is 13.0 Å². The Hall–Kier alpha value is -1.59. The average Bonchev–Trinajstić information content (AvgIpc) is 2.76. The highest BCUT2D eigenvalue weighted by molar-refractivity contribution is 5.85. The second kappa shape index (κ2) is 6.88. The summed E-state index contributed by atoms with van der Waals surface area (Å²) in [5.41, 5.74) is 5.38. The van der Waals surface area contributed by atoms with Gasteiger partial charge in [0.2, 0.25) is 11.7 Å². The van der Waals surface area contributed by atoms with Crippen LogP contribution in [0.15, 0.2) is 34.9 Å².